The number of rotatable bonds is 4. The van der Waals surface area contributed by atoms with Gasteiger partial charge in [0.2, 0.25) is 0 Å². The first-order valence-corrected chi connectivity index (χ1v) is 5.33. The number of nitrogen functional groups attached to an aromatic ring is 1. The van der Waals surface area contributed by atoms with Crippen molar-refractivity contribution in [2.75, 3.05) is 12.3 Å². The van der Waals surface area contributed by atoms with Crippen molar-refractivity contribution in [1.29, 1.82) is 5.26 Å². The SMILES string of the molecule is CCOC(=O)C(O)C(O)c1ccc(C#N)c(N)c1. The predicted octanol–water partition coefficient (Wildman–Crippen LogP) is 0.0979. The van der Waals surface area contributed by atoms with Gasteiger partial charge in [-0.2, -0.15) is 5.26 Å². The topological polar surface area (TPSA) is 117 Å². The summed E-state index contributed by atoms with van der Waals surface area (Å²) in [5, 5.41) is 28.0. The van der Waals surface area contributed by atoms with Gasteiger partial charge in [0.15, 0.2) is 6.10 Å². The fourth-order valence-electron chi connectivity index (χ4n) is 1.41. The van der Waals surface area contributed by atoms with Crippen molar-refractivity contribution in [3.05, 3.63) is 29.3 Å². The molecular weight excluding hydrogens is 236 g/mol. The molecule has 18 heavy (non-hydrogen) atoms. The van der Waals surface area contributed by atoms with E-state index in [0.717, 1.165) is 0 Å². The predicted molar refractivity (Wildman–Crippen MR) is 63.2 cm³/mol. The Morgan fingerprint density at radius 1 is 1.56 bits per heavy atom. The molecule has 0 aliphatic heterocycles. The van der Waals surface area contributed by atoms with Crippen LogP contribution >= 0.6 is 0 Å². The Morgan fingerprint density at radius 3 is 2.72 bits per heavy atom. The molecule has 0 bridgehead atoms. The summed E-state index contributed by atoms with van der Waals surface area (Å²) in [6, 6.07) is 6.04. The molecule has 2 unspecified atom stereocenters. The van der Waals surface area contributed by atoms with Gasteiger partial charge >= 0.3 is 5.97 Å². The van der Waals surface area contributed by atoms with Gasteiger partial charge in [0, 0.05) is 5.69 Å². The molecule has 0 radical (unpaired) electrons. The van der Waals surface area contributed by atoms with E-state index in [-0.39, 0.29) is 23.4 Å². The monoisotopic (exact) mass is 250 g/mol. The van der Waals surface area contributed by atoms with Gasteiger partial charge in [-0.1, -0.05) is 6.07 Å². The Hall–Kier alpha value is -2.10. The molecule has 0 spiro atoms. The van der Waals surface area contributed by atoms with E-state index in [4.69, 9.17) is 11.0 Å². The second kappa shape index (κ2) is 6.00. The van der Waals surface area contributed by atoms with Crippen LogP contribution in [-0.2, 0) is 9.53 Å². The molecule has 0 aromatic heterocycles. The number of hydrogen-bond acceptors (Lipinski definition) is 6. The molecule has 6 heteroatoms. The molecule has 0 heterocycles. The van der Waals surface area contributed by atoms with Crippen molar-refractivity contribution < 1.29 is 19.7 Å². The van der Waals surface area contributed by atoms with Crippen molar-refractivity contribution in [3.8, 4) is 6.07 Å². The molecular formula is C12H14N2O4. The number of anilines is 1. The summed E-state index contributed by atoms with van der Waals surface area (Å²) in [4.78, 5) is 11.3. The molecule has 6 nitrogen and oxygen atoms in total. The second-order valence-electron chi connectivity index (χ2n) is 3.60. The van der Waals surface area contributed by atoms with Crippen molar-refractivity contribution in [3.63, 3.8) is 0 Å². The number of nitrogens with zero attached hydrogens (tertiary/aromatic N) is 1. The average Bonchev–Trinajstić information content (AvgIpc) is 2.37. The molecule has 2 atom stereocenters. The first-order valence-electron chi connectivity index (χ1n) is 5.33. The zero-order chi connectivity index (χ0) is 13.7. The number of esters is 1. The highest BCUT2D eigenvalue weighted by molar-refractivity contribution is 5.75. The highest BCUT2D eigenvalue weighted by atomic mass is 16.5. The Kier molecular flexibility index (Phi) is 4.66. The summed E-state index contributed by atoms with van der Waals surface area (Å²) in [5.74, 6) is -0.909. The first kappa shape index (κ1) is 14.0. The minimum absolute atomic E-state index is 0.109. The van der Waals surface area contributed by atoms with E-state index in [2.05, 4.69) is 4.74 Å². The van der Waals surface area contributed by atoms with Gasteiger partial charge in [0.25, 0.3) is 0 Å². The van der Waals surface area contributed by atoms with Crippen molar-refractivity contribution in [1.82, 2.24) is 0 Å². The average molecular weight is 250 g/mol. The van der Waals surface area contributed by atoms with Crippen molar-refractivity contribution >= 4 is 11.7 Å². The molecule has 1 rings (SSSR count). The molecule has 4 N–H and O–H groups in total. The zero-order valence-corrected chi connectivity index (χ0v) is 9.83. The minimum atomic E-state index is -1.68. The number of aliphatic hydroxyl groups excluding tert-OH is 2. The van der Waals surface area contributed by atoms with Gasteiger partial charge in [0.1, 0.15) is 12.2 Å². The number of nitrogens with two attached hydrogens (primary N) is 1. The fourth-order valence-corrected chi connectivity index (χ4v) is 1.41. The van der Waals surface area contributed by atoms with E-state index in [1.54, 1.807) is 6.92 Å². The highest BCUT2D eigenvalue weighted by Gasteiger charge is 2.27. The van der Waals surface area contributed by atoms with Gasteiger partial charge in [-0.15, -0.1) is 0 Å². The van der Waals surface area contributed by atoms with Crippen LogP contribution in [0.2, 0.25) is 0 Å². The van der Waals surface area contributed by atoms with Gasteiger partial charge < -0.3 is 20.7 Å². The maximum atomic E-state index is 11.3. The van der Waals surface area contributed by atoms with Crippen LogP contribution in [0.15, 0.2) is 18.2 Å². The van der Waals surface area contributed by atoms with Gasteiger partial charge in [-0.25, -0.2) is 4.79 Å². The van der Waals surface area contributed by atoms with Crippen LogP contribution < -0.4 is 5.73 Å². The van der Waals surface area contributed by atoms with Gasteiger partial charge in [-0.3, -0.25) is 0 Å². The Balaban J connectivity index is 2.91. The zero-order valence-electron chi connectivity index (χ0n) is 9.83. The number of benzene rings is 1. The molecule has 0 saturated carbocycles. The van der Waals surface area contributed by atoms with Crippen LogP contribution in [0, 0.1) is 11.3 Å². The minimum Gasteiger partial charge on any atom is -0.464 e. The van der Waals surface area contributed by atoms with Crippen molar-refractivity contribution in [2.45, 2.75) is 19.1 Å². The van der Waals surface area contributed by atoms with Crippen LogP contribution in [0.3, 0.4) is 0 Å². The lowest BCUT2D eigenvalue weighted by Gasteiger charge is -2.17. The maximum absolute atomic E-state index is 11.3. The third-order valence-corrected chi connectivity index (χ3v) is 2.36. The number of nitriles is 1. The lowest BCUT2D eigenvalue weighted by atomic mass is 10.0. The molecule has 1 aromatic rings. The third-order valence-electron chi connectivity index (χ3n) is 2.36. The molecule has 0 aliphatic rings. The van der Waals surface area contributed by atoms with Crippen LogP contribution in [0.5, 0.6) is 0 Å². The van der Waals surface area contributed by atoms with Gasteiger partial charge in [-0.05, 0) is 24.6 Å². The van der Waals surface area contributed by atoms with E-state index < -0.39 is 18.2 Å². The number of carbonyl (C=O) groups is 1. The summed E-state index contributed by atoms with van der Waals surface area (Å²) >= 11 is 0. The maximum Gasteiger partial charge on any atom is 0.338 e. The number of ether oxygens (including phenoxy) is 1. The summed E-state index contributed by atoms with van der Waals surface area (Å²) in [7, 11) is 0. The lowest BCUT2D eigenvalue weighted by molar-refractivity contribution is -0.159. The van der Waals surface area contributed by atoms with E-state index in [9.17, 15) is 15.0 Å². The second-order valence-corrected chi connectivity index (χ2v) is 3.60. The summed E-state index contributed by atoms with van der Waals surface area (Å²) in [6.07, 6.45) is -3.13. The summed E-state index contributed by atoms with van der Waals surface area (Å²) < 4.78 is 4.59. The van der Waals surface area contributed by atoms with Gasteiger partial charge in [0.05, 0.1) is 12.2 Å². The number of hydrogen-bond donors (Lipinski definition) is 3. The standard InChI is InChI=1S/C12H14N2O4/c1-2-18-12(17)11(16)10(15)7-3-4-8(6-13)9(14)5-7/h3-5,10-11,15-16H,2,14H2,1H3. The quantitative estimate of drug-likeness (QED) is 0.515. The summed E-state index contributed by atoms with van der Waals surface area (Å²) in [5.41, 5.74) is 6.25. The van der Waals surface area contributed by atoms with E-state index in [1.807, 2.05) is 6.07 Å². The van der Waals surface area contributed by atoms with E-state index in [1.165, 1.54) is 18.2 Å². The molecule has 0 amide bonds. The lowest BCUT2D eigenvalue weighted by Crippen LogP contribution is -2.29. The third kappa shape index (κ3) is 2.97. The number of aliphatic hydroxyl groups is 2. The molecule has 0 fully saturated rings. The Morgan fingerprint density at radius 2 is 2.22 bits per heavy atom. The smallest absolute Gasteiger partial charge is 0.338 e. The van der Waals surface area contributed by atoms with Crippen LogP contribution in [0.25, 0.3) is 0 Å². The molecule has 1 aromatic carbocycles. The fraction of sp³-hybridized carbons (Fsp3) is 0.333. The largest absolute Gasteiger partial charge is 0.464 e. The van der Waals surface area contributed by atoms with Crippen LogP contribution in [0.4, 0.5) is 5.69 Å². The molecule has 0 saturated heterocycles. The summed E-state index contributed by atoms with van der Waals surface area (Å²) in [6.45, 7) is 1.70. The van der Waals surface area contributed by atoms with Crippen LogP contribution in [-0.4, -0.2) is 28.9 Å². The highest BCUT2D eigenvalue weighted by Crippen LogP contribution is 2.22. The van der Waals surface area contributed by atoms with Crippen molar-refractivity contribution in [2.24, 2.45) is 0 Å². The van der Waals surface area contributed by atoms with E-state index in [0.29, 0.717) is 0 Å². The molecule has 0 aliphatic carbocycles. The number of carbonyl (C=O) groups excluding carboxylic acids is 1. The Labute approximate surface area is 104 Å². The van der Waals surface area contributed by atoms with Crippen LogP contribution in [0.1, 0.15) is 24.2 Å². The normalized spacial score (nSPS) is 13.4. The first-order chi connectivity index (χ1) is 8.51. The molecule has 96 valence electrons. The van der Waals surface area contributed by atoms with E-state index >= 15 is 0 Å². The Bertz CT molecular complexity index is 481.